The lowest BCUT2D eigenvalue weighted by Crippen LogP contribution is -2.33. The van der Waals surface area contributed by atoms with E-state index in [-0.39, 0.29) is 30.5 Å². The summed E-state index contributed by atoms with van der Waals surface area (Å²) in [6.07, 6.45) is 3.41. The van der Waals surface area contributed by atoms with Gasteiger partial charge in [-0.05, 0) is 93.4 Å². The summed E-state index contributed by atoms with van der Waals surface area (Å²) in [5.74, 6) is 4.30. The highest BCUT2D eigenvalue weighted by Gasteiger charge is 2.36. The molecule has 0 bridgehead atoms. The maximum absolute atomic E-state index is 13.3. The number of nitrogens with one attached hydrogen (secondary N) is 1. The zero-order valence-electron chi connectivity index (χ0n) is 39.7. The van der Waals surface area contributed by atoms with E-state index in [1.165, 1.54) is 18.8 Å². The molecule has 4 heterocycles. The smallest absolute Gasteiger partial charge is 0.407 e. The number of carbonyl (C=O) groups excluding carboxylic acids is 3. The molecule has 4 aliphatic rings. The summed E-state index contributed by atoms with van der Waals surface area (Å²) in [6.45, 7) is 6.52. The van der Waals surface area contributed by atoms with E-state index < -0.39 is 11.7 Å². The van der Waals surface area contributed by atoms with Crippen LogP contribution < -0.4 is 60.1 Å². The lowest BCUT2D eigenvalue weighted by molar-refractivity contribution is -0.107. The van der Waals surface area contributed by atoms with Crippen molar-refractivity contribution in [1.29, 1.82) is 0 Å². The van der Waals surface area contributed by atoms with Gasteiger partial charge in [-0.15, -0.1) is 0 Å². The Morgan fingerprint density at radius 2 is 1.06 bits per heavy atom. The van der Waals surface area contributed by atoms with Gasteiger partial charge < -0.3 is 67.6 Å². The molecule has 0 saturated carbocycles. The topological polar surface area (TPSA) is 216 Å². The molecule has 18 nitrogen and oxygen atoms in total. The molecule has 18 heteroatoms. The van der Waals surface area contributed by atoms with E-state index >= 15 is 0 Å². The third kappa shape index (κ3) is 8.51. The zero-order chi connectivity index (χ0) is 49.5. The molecule has 2 aliphatic heterocycles. The SMILES string of the molecule is CC(C)(C)OC(=O)NCCC=O.COc1cc2c3c(n(C)c(=O)c2cc1OC)-c1cc2c(cc1/C3=C\CCN)OCO2.COc1cc2c3c(n(C)c(=O)c2cc1OC)-c1cc2c(cc1C3=O)OCO2. The van der Waals surface area contributed by atoms with Crippen molar-refractivity contribution in [3.63, 3.8) is 0 Å². The van der Waals surface area contributed by atoms with Crippen LogP contribution >= 0.6 is 0 Å². The third-order valence-corrected chi connectivity index (χ3v) is 11.8. The van der Waals surface area contributed by atoms with Crippen molar-refractivity contribution in [3.8, 4) is 68.5 Å². The van der Waals surface area contributed by atoms with Gasteiger partial charge in [0.2, 0.25) is 13.6 Å². The van der Waals surface area contributed by atoms with Crippen LogP contribution in [0.4, 0.5) is 4.79 Å². The number of ketones is 1. The first-order valence-electron chi connectivity index (χ1n) is 21.9. The summed E-state index contributed by atoms with van der Waals surface area (Å²) < 4.78 is 51.8. The van der Waals surface area contributed by atoms with Gasteiger partial charge in [0.05, 0.1) is 56.2 Å². The number of fused-ring (bicyclic) bond motifs is 12. The van der Waals surface area contributed by atoms with E-state index in [1.54, 1.807) is 84.0 Å². The Bertz CT molecular complexity index is 3250. The predicted octanol–water partition coefficient (Wildman–Crippen LogP) is 6.64. The van der Waals surface area contributed by atoms with Crippen molar-refractivity contribution in [2.75, 3.05) is 55.1 Å². The maximum Gasteiger partial charge on any atom is 0.407 e. The van der Waals surface area contributed by atoms with Crippen LogP contribution in [0.3, 0.4) is 0 Å². The molecule has 0 unspecified atom stereocenters. The van der Waals surface area contributed by atoms with Gasteiger partial charge in [0, 0.05) is 60.1 Å². The van der Waals surface area contributed by atoms with Crippen LogP contribution in [0.15, 0.2) is 64.2 Å². The molecule has 3 N–H and O–H groups in total. The monoisotopic (exact) mass is 944 g/mol. The van der Waals surface area contributed by atoms with Crippen molar-refractivity contribution in [2.45, 2.75) is 39.2 Å². The summed E-state index contributed by atoms with van der Waals surface area (Å²) in [5, 5.41) is 4.76. The molecular formula is C51H52N4O14. The maximum atomic E-state index is 13.3. The van der Waals surface area contributed by atoms with Crippen LogP contribution in [0, 0.1) is 0 Å². The number of rotatable bonds is 9. The molecule has 2 aliphatic carbocycles. The average molecular weight is 945 g/mol. The molecule has 0 fully saturated rings. The summed E-state index contributed by atoms with van der Waals surface area (Å²) in [5.41, 5.74) is 12.0. The van der Waals surface area contributed by atoms with Crippen molar-refractivity contribution < 1.29 is 57.0 Å². The Morgan fingerprint density at radius 3 is 1.51 bits per heavy atom. The van der Waals surface area contributed by atoms with Crippen LogP contribution in [0.5, 0.6) is 46.0 Å². The second-order valence-corrected chi connectivity index (χ2v) is 17.1. The average Bonchev–Trinajstić information content (AvgIpc) is 4.13. The molecule has 6 aromatic rings. The highest BCUT2D eigenvalue weighted by molar-refractivity contribution is 6.27. The van der Waals surface area contributed by atoms with Gasteiger partial charge in [0.15, 0.2) is 51.8 Å². The quantitative estimate of drug-likeness (QED) is 0.115. The lowest BCUT2D eigenvalue weighted by atomic mass is 9.98. The standard InChI is InChI=1S/C23H22N2O5.C20H15NO6.C8H15NO3/c1-25-22-15-9-20-19(29-11-30-20)7-13(15)12(5-4-6-24)21(22)14-8-17(27-2)18(28-3)10-16(14)23(25)26;1-21-18-10-5-15-16(27-8-26-15)6-11(10)19(22)17(18)9-4-13(24-2)14(25-3)7-12(9)20(21)23;1-8(2,3)12-7(11)9-5-4-6-10/h5,7-10H,4,6,11,24H2,1-3H3;4-7H,8H2,1-3H3;6H,4-5H2,1-3H3,(H,9,11)/b12-5+;;. The molecular weight excluding hydrogens is 893 g/mol. The number of hydrogen-bond acceptors (Lipinski definition) is 15. The zero-order valence-corrected chi connectivity index (χ0v) is 39.7. The van der Waals surface area contributed by atoms with E-state index in [9.17, 15) is 24.0 Å². The number of nitrogens with zero attached hydrogens (tertiary/aromatic N) is 2. The normalized spacial score (nSPS) is 13.7. The fourth-order valence-corrected chi connectivity index (χ4v) is 8.76. The van der Waals surface area contributed by atoms with Gasteiger partial charge in [0.1, 0.15) is 11.9 Å². The Hall–Kier alpha value is -7.99. The fourth-order valence-electron chi connectivity index (χ4n) is 8.76. The number of aldehydes is 1. The minimum absolute atomic E-state index is 0.103. The number of alkyl carbamates (subject to hydrolysis) is 1. The largest absolute Gasteiger partial charge is 0.493 e. The minimum atomic E-state index is -0.482. The number of hydrogen-bond donors (Lipinski definition) is 2. The lowest BCUT2D eigenvalue weighted by Gasteiger charge is -2.19. The first kappa shape index (κ1) is 47.5. The number of ether oxygens (including phenoxy) is 9. The molecule has 0 spiro atoms. The number of methoxy groups -OCH3 is 4. The Balaban J connectivity index is 0.000000152. The Morgan fingerprint density at radius 1 is 0.638 bits per heavy atom. The molecule has 0 saturated heterocycles. The van der Waals surface area contributed by atoms with Gasteiger partial charge in [-0.2, -0.15) is 0 Å². The molecule has 69 heavy (non-hydrogen) atoms. The van der Waals surface area contributed by atoms with Crippen molar-refractivity contribution in [2.24, 2.45) is 19.8 Å². The molecule has 2 aromatic heterocycles. The minimum Gasteiger partial charge on any atom is -0.493 e. The Kier molecular flexibility index (Phi) is 13.0. The van der Waals surface area contributed by atoms with Crippen LogP contribution in [0.2, 0.25) is 0 Å². The van der Waals surface area contributed by atoms with Crippen molar-refractivity contribution >= 4 is 45.3 Å². The number of carbonyl (C=O) groups is 3. The molecule has 10 rings (SSSR count). The number of nitrogens with two attached hydrogens (primary N) is 1. The number of aromatic nitrogens is 2. The van der Waals surface area contributed by atoms with Gasteiger partial charge in [-0.1, -0.05) is 6.08 Å². The second-order valence-electron chi connectivity index (χ2n) is 17.1. The van der Waals surface area contributed by atoms with Gasteiger partial charge in [-0.3, -0.25) is 14.4 Å². The molecule has 4 aromatic carbocycles. The number of amides is 1. The summed E-state index contributed by atoms with van der Waals surface area (Å²) in [4.78, 5) is 60.3. The molecule has 0 radical (unpaired) electrons. The number of benzene rings is 4. The van der Waals surface area contributed by atoms with E-state index in [1.807, 2.05) is 18.2 Å². The highest BCUT2D eigenvalue weighted by Crippen LogP contribution is 2.52. The molecule has 0 atom stereocenters. The van der Waals surface area contributed by atoms with Crippen molar-refractivity contribution in [1.82, 2.24) is 14.5 Å². The van der Waals surface area contributed by atoms with Crippen LogP contribution in [-0.2, 0) is 23.6 Å². The number of pyridine rings is 2. The summed E-state index contributed by atoms with van der Waals surface area (Å²) in [6, 6.07) is 14.3. The summed E-state index contributed by atoms with van der Waals surface area (Å²) >= 11 is 0. The first-order chi connectivity index (χ1) is 33.1. The van der Waals surface area contributed by atoms with Crippen LogP contribution in [0.25, 0.3) is 49.6 Å². The van der Waals surface area contributed by atoms with E-state index in [0.717, 1.165) is 39.6 Å². The van der Waals surface area contributed by atoms with E-state index in [4.69, 9.17) is 48.4 Å². The Labute approximate surface area is 396 Å². The third-order valence-electron chi connectivity index (χ3n) is 11.8. The van der Waals surface area contributed by atoms with Crippen molar-refractivity contribution in [3.05, 3.63) is 97.6 Å². The first-order valence-corrected chi connectivity index (χ1v) is 21.9. The van der Waals surface area contributed by atoms with Crippen LogP contribution in [-0.4, -0.2) is 88.0 Å². The highest BCUT2D eigenvalue weighted by atomic mass is 16.7. The van der Waals surface area contributed by atoms with E-state index in [0.29, 0.717) is 110 Å². The van der Waals surface area contributed by atoms with Gasteiger partial charge in [0.25, 0.3) is 11.1 Å². The van der Waals surface area contributed by atoms with Gasteiger partial charge >= 0.3 is 6.09 Å². The second kappa shape index (κ2) is 19.0. The van der Waals surface area contributed by atoms with Crippen LogP contribution in [0.1, 0.15) is 60.7 Å². The molecule has 1 amide bonds. The molecule has 360 valence electrons. The fraction of sp³-hybridized carbons (Fsp3) is 0.314. The van der Waals surface area contributed by atoms with Gasteiger partial charge in [-0.25, -0.2) is 4.79 Å². The summed E-state index contributed by atoms with van der Waals surface area (Å²) in [7, 11) is 9.61. The predicted molar refractivity (Wildman–Crippen MR) is 257 cm³/mol. The van der Waals surface area contributed by atoms with E-state index in [2.05, 4.69) is 11.4 Å².